The summed E-state index contributed by atoms with van der Waals surface area (Å²) < 4.78 is 15.0. The number of hydrogen-bond donors (Lipinski definition) is 1. The van der Waals surface area contributed by atoms with Crippen molar-refractivity contribution in [2.45, 2.75) is 52.0 Å². The zero-order chi connectivity index (χ0) is 27.8. The number of hydrogen-bond acceptors (Lipinski definition) is 4. The Morgan fingerprint density at radius 1 is 0.846 bits per heavy atom. The molecule has 7 heteroatoms. The van der Waals surface area contributed by atoms with Crippen LogP contribution in [0.1, 0.15) is 58.9 Å². The average molecular weight is 529 g/mol. The predicted octanol–water partition coefficient (Wildman–Crippen LogP) is 5.94. The van der Waals surface area contributed by atoms with Crippen molar-refractivity contribution in [1.82, 2.24) is 9.13 Å². The molecular formula is C32H36N2O5. The Balaban J connectivity index is 1.72. The van der Waals surface area contributed by atoms with Crippen LogP contribution in [0.2, 0.25) is 0 Å². The third-order valence-electron chi connectivity index (χ3n) is 7.02. The number of methoxy groups -OCH3 is 2. The van der Waals surface area contributed by atoms with Crippen molar-refractivity contribution in [3.05, 3.63) is 117 Å². The molecule has 3 aromatic carbocycles. The fourth-order valence-electron chi connectivity index (χ4n) is 5.01. The molecule has 204 valence electrons. The number of carboxylic acid groups (broad SMARTS) is 1. The number of benzene rings is 3. The summed E-state index contributed by atoms with van der Waals surface area (Å²) in [5.41, 5.74) is 5.43. The summed E-state index contributed by atoms with van der Waals surface area (Å²) in [4.78, 5) is 25.6. The van der Waals surface area contributed by atoms with Crippen LogP contribution in [-0.2, 0) is 35.4 Å². The minimum Gasteiger partial charge on any atom is -0.478 e. The first-order valence-electron chi connectivity index (χ1n) is 13.3. The SMILES string of the molecule is CCCCc1c(C(OC)OC)n(CCc2ccccc2)c(=O)n1Cc1ccc(-c2ccccc2C(=O)O)cc1. The molecule has 39 heavy (non-hydrogen) atoms. The molecule has 0 fully saturated rings. The number of imidazole rings is 1. The molecule has 0 bridgehead atoms. The Morgan fingerprint density at radius 2 is 1.51 bits per heavy atom. The van der Waals surface area contributed by atoms with E-state index >= 15 is 0 Å². The lowest BCUT2D eigenvalue weighted by Crippen LogP contribution is -2.27. The van der Waals surface area contributed by atoms with Gasteiger partial charge in [-0.1, -0.05) is 86.1 Å². The van der Waals surface area contributed by atoms with Gasteiger partial charge in [-0.2, -0.15) is 0 Å². The van der Waals surface area contributed by atoms with Gasteiger partial charge in [-0.15, -0.1) is 0 Å². The van der Waals surface area contributed by atoms with Gasteiger partial charge in [0.25, 0.3) is 0 Å². The molecule has 4 aromatic rings. The van der Waals surface area contributed by atoms with E-state index in [4.69, 9.17) is 9.47 Å². The fourth-order valence-corrected chi connectivity index (χ4v) is 5.01. The highest BCUT2D eigenvalue weighted by atomic mass is 16.7. The van der Waals surface area contributed by atoms with Crippen LogP contribution in [-0.4, -0.2) is 34.4 Å². The zero-order valence-electron chi connectivity index (χ0n) is 22.8. The molecule has 0 spiro atoms. The summed E-state index contributed by atoms with van der Waals surface area (Å²) in [6.07, 6.45) is 2.71. The molecule has 0 saturated heterocycles. The molecule has 0 saturated carbocycles. The maximum atomic E-state index is 13.9. The van der Waals surface area contributed by atoms with Crippen LogP contribution in [0.3, 0.4) is 0 Å². The average Bonchev–Trinajstić information content (AvgIpc) is 3.22. The van der Waals surface area contributed by atoms with Crippen LogP contribution in [0, 0.1) is 0 Å². The standard InChI is InChI=1S/C32H36N2O5/c1-4-5-15-28-29(31(38-2)39-3)33(21-20-23-11-7-6-8-12-23)32(37)34(28)22-24-16-18-25(19-17-24)26-13-9-10-14-27(26)30(35)36/h6-14,16-19,31H,4-5,15,20-22H2,1-3H3,(H,35,36). The van der Waals surface area contributed by atoms with Crippen molar-refractivity contribution in [1.29, 1.82) is 0 Å². The molecule has 0 aliphatic rings. The highest BCUT2D eigenvalue weighted by molar-refractivity contribution is 5.95. The molecule has 0 amide bonds. The van der Waals surface area contributed by atoms with Crippen molar-refractivity contribution in [3.63, 3.8) is 0 Å². The number of carbonyl (C=O) groups is 1. The second-order valence-corrected chi connectivity index (χ2v) is 9.54. The van der Waals surface area contributed by atoms with Crippen LogP contribution in [0.4, 0.5) is 0 Å². The first kappa shape index (κ1) is 28.1. The smallest absolute Gasteiger partial charge is 0.336 e. The molecule has 1 N–H and O–H groups in total. The van der Waals surface area contributed by atoms with E-state index in [-0.39, 0.29) is 11.3 Å². The Morgan fingerprint density at radius 3 is 2.15 bits per heavy atom. The van der Waals surface area contributed by atoms with Crippen LogP contribution >= 0.6 is 0 Å². The van der Waals surface area contributed by atoms with E-state index in [1.807, 2.05) is 53.1 Å². The first-order valence-corrected chi connectivity index (χ1v) is 13.3. The van der Waals surface area contributed by atoms with Gasteiger partial charge in [0.15, 0.2) is 6.29 Å². The number of carboxylic acids is 1. The van der Waals surface area contributed by atoms with Gasteiger partial charge in [0, 0.05) is 26.5 Å². The van der Waals surface area contributed by atoms with Gasteiger partial charge in [-0.25, -0.2) is 9.59 Å². The van der Waals surface area contributed by atoms with E-state index in [0.717, 1.165) is 47.3 Å². The number of aryl methyl sites for hydroxylation is 1. The maximum Gasteiger partial charge on any atom is 0.336 e. The minimum absolute atomic E-state index is 0.0913. The Kier molecular flexibility index (Phi) is 9.52. The highest BCUT2D eigenvalue weighted by Gasteiger charge is 2.26. The van der Waals surface area contributed by atoms with Crippen molar-refractivity contribution in [2.75, 3.05) is 14.2 Å². The lowest BCUT2D eigenvalue weighted by Gasteiger charge is -2.18. The van der Waals surface area contributed by atoms with Crippen LogP contribution in [0.15, 0.2) is 83.7 Å². The van der Waals surface area contributed by atoms with Crippen molar-refractivity contribution < 1.29 is 19.4 Å². The molecule has 0 radical (unpaired) electrons. The van der Waals surface area contributed by atoms with Crippen molar-refractivity contribution >= 4 is 5.97 Å². The van der Waals surface area contributed by atoms with Crippen molar-refractivity contribution in [2.24, 2.45) is 0 Å². The lowest BCUT2D eigenvalue weighted by molar-refractivity contribution is -0.111. The van der Waals surface area contributed by atoms with Crippen LogP contribution < -0.4 is 5.69 Å². The third-order valence-corrected chi connectivity index (χ3v) is 7.02. The molecule has 0 unspecified atom stereocenters. The van der Waals surface area contributed by atoms with Gasteiger partial charge in [0.05, 0.1) is 17.8 Å². The Hall–Kier alpha value is -3.94. The monoisotopic (exact) mass is 528 g/mol. The molecule has 4 rings (SSSR count). The number of unbranched alkanes of at least 4 members (excludes halogenated alkanes) is 1. The Bertz CT molecular complexity index is 1430. The van der Waals surface area contributed by atoms with E-state index in [1.165, 1.54) is 0 Å². The predicted molar refractivity (Wildman–Crippen MR) is 152 cm³/mol. The lowest BCUT2D eigenvalue weighted by atomic mass is 9.98. The topological polar surface area (TPSA) is 82.7 Å². The van der Waals surface area contributed by atoms with Gasteiger partial charge in [0.2, 0.25) is 0 Å². The van der Waals surface area contributed by atoms with E-state index in [1.54, 1.807) is 37.0 Å². The molecule has 1 heterocycles. The molecule has 0 aliphatic carbocycles. The van der Waals surface area contributed by atoms with Gasteiger partial charge in [-0.05, 0) is 47.6 Å². The Labute approximate surface area is 229 Å². The molecule has 7 nitrogen and oxygen atoms in total. The minimum atomic E-state index is -0.961. The van der Waals surface area contributed by atoms with Crippen molar-refractivity contribution in [3.8, 4) is 11.1 Å². The fraction of sp³-hybridized carbons (Fsp3) is 0.312. The number of nitrogens with zero attached hydrogens (tertiary/aromatic N) is 2. The summed E-state index contributed by atoms with van der Waals surface area (Å²) in [6.45, 7) is 3.04. The van der Waals surface area contributed by atoms with Crippen LogP contribution in [0.5, 0.6) is 0 Å². The number of aromatic carboxylic acids is 1. The molecule has 0 atom stereocenters. The number of aromatic nitrogens is 2. The van der Waals surface area contributed by atoms with Crippen LogP contribution in [0.25, 0.3) is 11.1 Å². The van der Waals surface area contributed by atoms with E-state index in [2.05, 4.69) is 19.1 Å². The quantitative estimate of drug-likeness (QED) is 0.217. The second kappa shape index (κ2) is 13.2. The van der Waals surface area contributed by atoms with Gasteiger partial charge in [0.1, 0.15) is 0 Å². The summed E-state index contributed by atoms with van der Waals surface area (Å²) >= 11 is 0. The van der Waals surface area contributed by atoms with E-state index in [0.29, 0.717) is 25.1 Å². The van der Waals surface area contributed by atoms with E-state index < -0.39 is 12.3 Å². The summed E-state index contributed by atoms with van der Waals surface area (Å²) in [6, 6.07) is 24.8. The van der Waals surface area contributed by atoms with Gasteiger partial charge < -0.3 is 14.6 Å². The summed E-state index contributed by atoms with van der Waals surface area (Å²) in [5, 5.41) is 9.58. The number of ether oxygens (including phenoxy) is 2. The summed E-state index contributed by atoms with van der Waals surface area (Å²) in [7, 11) is 3.18. The maximum absolute atomic E-state index is 13.9. The first-order chi connectivity index (χ1) is 19.0. The number of rotatable bonds is 13. The molecular weight excluding hydrogens is 492 g/mol. The zero-order valence-corrected chi connectivity index (χ0v) is 22.8. The third kappa shape index (κ3) is 6.38. The highest BCUT2D eigenvalue weighted by Crippen LogP contribution is 2.27. The van der Waals surface area contributed by atoms with Gasteiger partial charge >= 0.3 is 11.7 Å². The van der Waals surface area contributed by atoms with E-state index in [9.17, 15) is 14.7 Å². The summed E-state index contributed by atoms with van der Waals surface area (Å²) in [5.74, 6) is -0.961. The normalized spacial score (nSPS) is 11.3. The largest absolute Gasteiger partial charge is 0.478 e. The second-order valence-electron chi connectivity index (χ2n) is 9.54. The molecule has 1 aromatic heterocycles. The van der Waals surface area contributed by atoms with Gasteiger partial charge in [-0.3, -0.25) is 9.13 Å². The molecule has 0 aliphatic heterocycles.